The number of anilines is 1. The van der Waals surface area contributed by atoms with Crippen molar-refractivity contribution in [3.05, 3.63) is 65.0 Å². The number of benzene rings is 1. The molecule has 0 radical (unpaired) electrons. The molecule has 6 nitrogen and oxygen atoms in total. The zero-order valence-electron chi connectivity index (χ0n) is 14.5. The van der Waals surface area contributed by atoms with E-state index >= 15 is 0 Å². The third-order valence-electron chi connectivity index (χ3n) is 3.81. The summed E-state index contributed by atoms with van der Waals surface area (Å²) in [6, 6.07) is 8.70. The number of carbonyl (C=O) groups is 1. The molecule has 0 saturated carbocycles. The van der Waals surface area contributed by atoms with Gasteiger partial charge in [0.15, 0.2) is 5.43 Å². The summed E-state index contributed by atoms with van der Waals surface area (Å²) in [5.74, 6) is 0.512. The molecule has 1 amide bonds. The second-order valence-corrected chi connectivity index (χ2v) is 6.92. The molecular weight excluding hydrogens is 316 g/mol. The molecule has 0 unspecified atom stereocenters. The highest BCUT2D eigenvalue weighted by Crippen LogP contribution is 2.18. The largest absolute Gasteiger partial charge is 0.338 e. The van der Waals surface area contributed by atoms with Crippen molar-refractivity contribution < 1.29 is 4.79 Å². The second-order valence-electron chi connectivity index (χ2n) is 6.92. The van der Waals surface area contributed by atoms with Crippen molar-refractivity contribution in [1.82, 2.24) is 14.5 Å². The monoisotopic (exact) mass is 336 g/mol. The third kappa shape index (κ3) is 3.74. The lowest BCUT2D eigenvalue weighted by Gasteiger charge is -2.16. The van der Waals surface area contributed by atoms with Crippen LogP contribution < -0.4 is 10.7 Å². The van der Waals surface area contributed by atoms with Gasteiger partial charge in [-0.2, -0.15) is 0 Å². The van der Waals surface area contributed by atoms with Crippen LogP contribution in [0, 0.1) is 0 Å². The number of amides is 1. The summed E-state index contributed by atoms with van der Waals surface area (Å²) in [7, 11) is 0. The predicted octanol–water partition coefficient (Wildman–Crippen LogP) is 2.73. The number of hydrogen-bond acceptors (Lipinski definition) is 4. The SMILES string of the molecule is CC(C)(C)c1ncc(NC(=O)Cn2ccc(=O)c3ccccc32)cn1. The van der Waals surface area contributed by atoms with E-state index < -0.39 is 0 Å². The summed E-state index contributed by atoms with van der Waals surface area (Å²) in [6.45, 7) is 6.19. The molecule has 1 aromatic carbocycles. The van der Waals surface area contributed by atoms with E-state index in [-0.39, 0.29) is 23.3 Å². The van der Waals surface area contributed by atoms with E-state index in [4.69, 9.17) is 0 Å². The van der Waals surface area contributed by atoms with Gasteiger partial charge in [0, 0.05) is 23.1 Å². The number of hydrogen-bond donors (Lipinski definition) is 1. The lowest BCUT2D eigenvalue weighted by molar-refractivity contribution is -0.116. The minimum atomic E-state index is -0.207. The van der Waals surface area contributed by atoms with E-state index in [0.717, 1.165) is 11.3 Å². The number of rotatable bonds is 3. The van der Waals surface area contributed by atoms with E-state index in [9.17, 15) is 9.59 Å². The van der Waals surface area contributed by atoms with Crippen molar-refractivity contribution in [2.75, 3.05) is 5.32 Å². The van der Waals surface area contributed by atoms with Crippen LogP contribution in [-0.2, 0) is 16.8 Å². The first-order chi connectivity index (χ1) is 11.8. The van der Waals surface area contributed by atoms with Crippen molar-refractivity contribution in [3.8, 4) is 0 Å². The van der Waals surface area contributed by atoms with Crippen molar-refractivity contribution in [3.63, 3.8) is 0 Å². The molecular formula is C19H20N4O2. The summed E-state index contributed by atoms with van der Waals surface area (Å²) in [4.78, 5) is 32.8. The van der Waals surface area contributed by atoms with Crippen molar-refractivity contribution >= 4 is 22.5 Å². The van der Waals surface area contributed by atoms with Gasteiger partial charge in [0.1, 0.15) is 12.4 Å². The maximum absolute atomic E-state index is 12.3. The van der Waals surface area contributed by atoms with E-state index in [1.165, 1.54) is 6.07 Å². The summed E-state index contributed by atoms with van der Waals surface area (Å²) < 4.78 is 1.75. The maximum Gasteiger partial charge on any atom is 0.244 e. The number of pyridine rings is 1. The van der Waals surface area contributed by atoms with E-state index in [0.29, 0.717) is 11.1 Å². The molecule has 6 heteroatoms. The zero-order valence-corrected chi connectivity index (χ0v) is 14.5. The van der Waals surface area contributed by atoms with Gasteiger partial charge in [0.2, 0.25) is 5.91 Å². The van der Waals surface area contributed by atoms with Gasteiger partial charge in [0.05, 0.1) is 23.6 Å². The molecule has 1 N–H and O–H groups in total. The Morgan fingerprint density at radius 2 is 1.80 bits per heavy atom. The minimum Gasteiger partial charge on any atom is -0.338 e. The van der Waals surface area contributed by atoms with Crippen LogP contribution in [0.5, 0.6) is 0 Å². The Labute approximate surface area is 145 Å². The Kier molecular flexibility index (Phi) is 4.35. The van der Waals surface area contributed by atoms with Crippen LogP contribution in [0.2, 0.25) is 0 Å². The number of carbonyl (C=O) groups excluding carboxylic acids is 1. The summed E-state index contributed by atoms with van der Waals surface area (Å²) >= 11 is 0. The highest BCUT2D eigenvalue weighted by atomic mass is 16.2. The summed E-state index contributed by atoms with van der Waals surface area (Å²) in [5.41, 5.74) is 1.07. The van der Waals surface area contributed by atoms with Crippen LogP contribution in [0.15, 0.2) is 53.7 Å². The Morgan fingerprint density at radius 1 is 1.12 bits per heavy atom. The molecule has 3 rings (SSSR count). The van der Waals surface area contributed by atoms with Crippen LogP contribution in [0.4, 0.5) is 5.69 Å². The predicted molar refractivity (Wildman–Crippen MR) is 97.6 cm³/mol. The van der Waals surface area contributed by atoms with Gasteiger partial charge in [-0.05, 0) is 12.1 Å². The van der Waals surface area contributed by atoms with Crippen LogP contribution in [0.25, 0.3) is 10.9 Å². The average molecular weight is 336 g/mol. The van der Waals surface area contributed by atoms with Gasteiger partial charge >= 0.3 is 0 Å². The van der Waals surface area contributed by atoms with E-state index in [2.05, 4.69) is 15.3 Å². The third-order valence-corrected chi connectivity index (χ3v) is 3.81. The fourth-order valence-corrected chi connectivity index (χ4v) is 2.53. The molecule has 3 aromatic rings. The second kappa shape index (κ2) is 6.47. The van der Waals surface area contributed by atoms with Gasteiger partial charge in [-0.15, -0.1) is 0 Å². The van der Waals surface area contributed by atoms with Gasteiger partial charge in [-0.25, -0.2) is 9.97 Å². The van der Waals surface area contributed by atoms with Gasteiger partial charge in [0.25, 0.3) is 0 Å². The van der Waals surface area contributed by atoms with E-state index in [1.807, 2.05) is 39.0 Å². The molecule has 128 valence electrons. The van der Waals surface area contributed by atoms with E-state index in [1.54, 1.807) is 29.2 Å². The molecule has 2 heterocycles. The van der Waals surface area contributed by atoms with Crippen LogP contribution in [0.1, 0.15) is 26.6 Å². The maximum atomic E-state index is 12.3. The number of para-hydroxylation sites is 1. The number of nitrogens with zero attached hydrogens (tertiary/aromatic N) is 3. The van der Waals surface area contributed by atoms with Gasteiger partial charge < -0.3 is 9.88 Å². The first kappa shape index (κ1) is 16.8. The normalized spacial score (nSPS) is 11.5. The van der Waals surface area contributed by atoms with Crippen molar-refractivity contribution in [1.29, 1.82) is 0 Å². The first-order valence-corrected chi connectivity index (χ1v) is 8.05. The topological polar surface area (TPSA) is 76.9 Å². The van der Waals surface area contributed by atoms with Crippen LogP contribution in [0.3, 0.4) is 0 Å². The molecule has 0 aliphatic rings. The number of aromatic nitrogens is 3. The first-order valence-electron chi connectivity index (χ1n) is 8.05. The van der Waals surface area contributed by atoms with Crippen LogP contribution in [-0.4, -0.2) is 20.4 Å². The van der Waals surface area contributed by atoms with Crippen LogP contribution >= 0.6 is 0 Å². The Morgan fingerprint density at radius 3 is 2.48 bits per heavy atom. The number of fused-ring (bicyclic) bond motifs is 1. The molecule has 0 spiro atoms. The standard InChI is InChI=1S/C19H20N4O2/c1-19(2,3)18-20-10-13(11-21-18)22-17(25)12-23-9-8-16(24)14-6-4-5-7-15(14)23/h4-11H,12H2,1-3H3,(H,22,25). The lowest BCUT2D eigenvalue weighted by atomic mass is 9.96. The van der Waals surface area contributed by atoms with Crippen molar-refractivity contribution in [2.24, 2.45) is 0 Å². The zero-order chi connectivity index (χ0) is 18.0. The quantitative estimate of drug-likeness (QED) is 0.798. The molecule has 0 saturated heterocycles. The Bertz CT molecular complexity index is 969. The molecule has 0 fully saturated rings. The minimum absolute atomic E-state index is 0.0570. The molecule has 25 heavy (non-hydrogen) atoms. The smallest absolute Gasteiger partial charge is 0.244 e. The molecule has 0 aliphatic carbocycles. The average Bonchev–Trinajstić information content (AvgIpc) is 2.57. The highest BCUT2D eigenvalue weighted by Gasteiger charge is 2.17. The Balaban J connectivity index is 1.77. The lowest BCUT2D eigenvalue weighted by Crippen LogP contribution is -2.21. The molecule has 0 bridgehead atoms. The molecule has 0 aliphatic heterocycles. The van der Waals surface area contributed by atoms with Crippen molar-refractivity contribution in [2.45, 2.75) is 32.7 Å². The fraction of sp³-hybridized carbons (Fsp3) is 0.263. The van der Waals surface area contributed by atoms with Gasteiger partial charge in [-0.1, -0.05) is 32.9 Å². The summed E-state index contributed by atoms with van der Waals surface area (Å²) in [6.07, 6.45) is 4.84. The number of nitrogens with one attached hydrogen (secondary N) is 1. The van der Waals surface area contributed by atoms with Gasteiger partial charge in [-0.3, -0.25) is 9.59 Å². The molecule has 2 aromatic heterocycles. The Hall–Kier alpha value is -3.02. The summed E-state index contributed by atoms with van der Waals surface area (Å²) in [5, 5.41) is 3.38. The highest BCUT2D eigenvalue weighted by molar-refractivity contribution is 5.91. The fourth-order valence-electron chi connectivity index (χ4n) is 2.53. The molecule has 0 atom stereocenters.